The van der Waals surface area contributed by atoms with E-state index in [0.29, 0.717) is 22.2 Å². The Kier molecular flexibility index (Phi) is 5.79. The van der Waals surface area contributed by atoms with Crippen LogP contribution >= 0.6 is 12.2 Å². The highest BCUT2D eigenvalue weighted by molar-refractivity contribution is 7.71. The van der Waals surface area contributed by atoms with Crippen LogP contribution in [-0.4, -0.2) is 22.1 Å². The van der Waals surface area contributed by atoms with Crippen LogP contribution in [0.4, 0.5) is 0 Å². The minimum Gasteiger partial charge on any atom is -0.493 e. The van der Waals surface area contributed by atoms with Crippen molar-refractivity contribution in [2.45, 2.75) is 25.9 Å². The van der Waals surface area contributed by atoms with Gasteiger partial charge in [-0.2, -0.15) is 0 Å². The molecule has 0 fully saturated rings. The molecule has 3 aromatic carbocycles. The third-order valence-corrected chi connectivity index (χ3v) is 6.24. The Labute approximate surface area is 195 Å². The van der Waals surface area contributed by atoms with Crippen LogP contribution in [0.2, 0.25) is 0 Å². The zero-order valence-electron chi connectivity index (χ0n) is 18.0. The number of rotatable bonds is 6. The van der Waals surface area contributed by atoms with Crippen LogP contribution in [0.1, 0.15) is 17.5 Å². The number of benzene rings is 3. The minimum atomic E-state index is -0.184. The molecule has 2 heterocycles. The molecule has 0 saturated carbocycles. The van der Waals surface area contributed by atoms with Gasteiger partial charge in [0.15, 0.2) is 4.77 Å². The van der Waals surface area contributed by atoms with Crippen molar-refractivity contribution >= 4 is 29.0 Å². The average Bonchev–Trinajstić information content (AvgIpc) is 3.31. The Hall–Kier alpha value is -3.71. The van der Waals surface area contributed by atoms with E-state index in [4.69, 9.17) is 17.0 Å². The number of H-pyrrole nitrogens is 1. The fraction of sp³-hybridized carbons (Fsp3) is 0.192. The molecule has 6 nitrogen and oxygen atoms in total. The Morgan fingerprint density at radius 3 is 2.70 bits per heavy atom. The maximum absolute atomic E-state index is 12.7. The van der Waals surface area contributed by atoms with Gasteiger partial charge in [0.2, 0.25) is 5.91 Å². The van der Waals surface area contributed by atoms with E-state index in [1.807, 2.05) is 36.4 Å². The Bertz CT molecular complexity index is 1450. The van der Waals surface area contributed by atoms with Crippen molar-refractivity contribution in [2.75, 3.05) is 6.61 Å². The first kappa shape index (κ1) is 21.2. The van der Waals surface area contributed by atoms with Crippen molar-refractivity contribution < 1.29 is 9.53 Å². The third-order valence-electron chi connectivity index (χ3n) is 5.92. The van der Waals surface area contributed by atoms with E-state index in [9.17, 15) is 9.59 Å². The number of ether oxygens (including phenoxy) is 1. The second-order valence-electron chi connectivity index (χ2n) is 8.08. The smallest absolute Gasteiger partial charge is 0.262 e. The molecule has 166 valence electrons. The summed E-state index contributed by atoms with van der Waals surface area (Å²) < 4.78 is 7.33. The van der Waals surface area contributed by atoms with Crippen molar-refractivity contribution in [3.8, 4) is 16.9 Å². The Balaban J connectivity index is 1.19. The van der Waals surface area contributed by atoms with E-state index in [-0.39, 0.29) is 24.4 Å². The summed E-state index contributed by atoms with van der Waals surface area (Å²) in [6, 6.07) is 21.7. The zero-order valence-corrected chi connectivity index (χ0v) is 18.8. The molecule has 2 N–H and O–H groups in total. The summed E-state index contributed by atoms with van der Waals surface area (Å²) in [4.78, 5) is 28.1. The van der Waals surface area contributed by atoms with E-state index < -0.39 is 0 Å². The highest BCUT2D eigenvalue weighted by atomic mass is 32.1. The maximum atomic E-state index is 12.7. The molecule has 0 saturated heterocycles. The van der Waals surface area contributed by atoms with E-state index in [1.165, 1.54) is 10.1 Å². The third kappa shape index (κ3) is 4.45. The number of carbonyl (C=O) groups is 1. The first-order valence-corrected chi connectivity index (χ1v) is 11.3. The highest BCUT2D eigenvalue weighted by Crippen LogP contribution is 2.30. The second kappa shape index (κ2) is 9.03. The molecule has 1 amide bonds. The van der Waals surface area contributed by atoms with E-state index in [2.05, 4.69) is 34.6 Å². The van der Waals surface area contributed by atoms with E-state index >= 15 is 0 Å². The molecular formula is C26H23N3O3S. The van der Waals surface area contributed by atoms with Crippen LogP contribution in [0.25, 0.3) is 22.0 Å². The predicted octanol–water partition coefficient (Wildman–Crippen LogP) is 4.37. The molecule has 1 aliphatic heterocycles. The van der Waals surface area contributed by atoms with Crippen LogP contribution in [0.5, 0.6) is 5.75 Å². The van der Waals surface area contributed by atoms with E-state index in [1.54, 1.807) is 6.07 Å². The maximum Gasteiger partial charge on any atom is 0.262 e. The number of amides is 1. The molecule has 1 aromatic heterocycles. The van der Waals surface area contributed by atoms with Gasteiger partial charge in [-0.05, 0) is 58.7 Å². The number of aromatic amines is 1. The monoisotopic (exact) mass is 457 g/mol. The van der Waals surface area contributed by atoms with E-state index in [0.717, 1.165) is 35.5 Å². The van der Waals surface area contributed by atoms with Gasteiger partial charge in [0, 0.05) is 25.9 Å². The summed E-state index contributed by atoms with van der Waals surface area (Å²) in [5, 5.41) is 3.48. The normalized spacial score (nSPS) is 12.4. The molecule has 7 heteroatoms. The topological polar surface area (TPSA) is 76.1 Å². The molecule has 0 spiro atoms. The van der Waals surface area contributed by atoms with Gasteiger partial charge in [-0.3, -0.25) is 14.2 Å². The molecule has 4 aromatic rings. The fourth-order valence-electron chi connectivity index (χ4n) is 4.09. The molecule has 0 aliphatic carbocycles. The van der Waals surface area contributed by atoms with Crippen LogP contribution in [0.15, 0.2) is 71.5 Å². The lowest BCUT2D eigenvalue weighted by molar-refractivity contribution is -0.121. The molecule has 0 atom stereocenters. The Morgan fingerprint density at radius 2 is 1.85 bits per heavy atom. The highest BCUT2D eigenvalue weighted by Gasteiger charge is 2.13. The summed E-state index contributed by atoms with van der Waals surface area (Å²) in [6.45, 7) is 1.40. The largest absolute Gasteiger partial charge is 0.493 e. The summed E-state index contributed by atoms with van der Waals surface area (Å²) in [6.07, 6.45) is 1.12. The quantitative estimate of drug-likeness (QED) is 0.422. The molecule has 33 heavy (non-hydrogen) atoms. The summed E-state index contributed by atoms with van der Waals surface area (Å²) in [5.74, 6) is 0.845. The van der Waals surface area contributed by atoms with Gasteiger partial charge in [0.1, 0.15) is 5.75 Å². The van der Waals surface area contributed by atoms with Crippen molar-refractivity contribution in [1.29, 1.82) is 0 Å². The summed E-state index contributed by atoms with van der Waals surface area (Å²) in [5.41, 5.74) is 5.06. The molecule has 0 unspecified atom stereocenters. The molecule has 5 rings (SSSR count). The van der Waals surface area contributed by atoms with Crippen LogP contribution in [0.3, 0.4) is 0 Å². The number of hydrogen-bond acceptors (Lipinski definition) is 4. The van der Waals surface area contributed by atoms with Crippen molar-refractivity contribution in [3.63, 3.8) is 0 Å². The number of fused-ring (bicyclic) bond motifs is 2. The van der Waals surface area contributed by atoms with Crippen LogP contribution < -0.4 is 15.6 Å². The number of nitrogens with zero attached hydrogens (tertiary/aromatic N) is 1. The lowest BCUT2D eigenvalue weighted by Gasteiger charge is -2.10. The first-order chi connectivity index (χ1) is 16.1. The summed E-state index contributed by atoms with van der Waals surface area (Å²) in [7, 11) is 0. The van der Waals surface area contributed by atoms with Gasteiger partial charge in [-0.25, -0.2) is 0 Å². The zero-order chi connectivity index (χ0) is 22.8. The lowest BCUT2D eigenvalue weighted by Crippen LogP contribution is -2.28. The van der Waals surface area contributed by atoms with Gasteiger partial charge in [0.25, 0.3) is 5.56 Å². The fourth-order valence-corrected chi connectivity index (χ4v) is 4.37. The predicted molar refractivity (Wildman–Crippen MR) is 131 cm³/mol. The number of aromatic nitrogens is 2. The average molecular weight is 458 g/mol. The number of para-hydroxylation sites is 1. The second-order valence-corrected chi connectivity index (χ2v) is 8.46. The van der Waals surface area contributed by atoms with Gasteiger partial charge in [-0.15, -0.1) is 0 Å². The first-order valence-electron chi connectivity index (χ1n) is 10.9. The van der Waals surface area contributed by atoms with Gasteiger partial charge in [-0.1, -0.05) is 42.5 Å². The van der Waals surface area contributed by atoms with Gasteiger partial charge < -0.3 is 15.0 Å². The molecule has 0 bridgehead atoms. The number of nitrogens with one attached hydrogen (secondary N) is 2. The lowest BCUT2D eigenvalue weighted by atomic mass is 10.0. The number of carbonyl (C=O) groups excluding carboxylic acids is 1. The number of hydrogen-bond donors (Lipinski definition) is 2. The van der Waals surface area contributed by atoms with Crippen molar-refractivity contribution in [2.24, 2.45) is 0 Å². The van der Waals surface area contributed by atoms with Crippen molar-refractivity contribution in [3.05, 3.63) is 93.0 Å². The SMILES string of the molecule is O=C(CCn1c(=S)[nH]c2ccccc2c1=O)NCc1ccc(-c2ccc3c(c2)CCO3)cc1. The standard InChI is InChI=1S/C26H23N3O3S/c30-24(11-13-29-25(31)21-3-1-2-4-22(21)28-26(29)33)27-16-17-5-7-18(8-6-17)19-9-10-23-20(15-19)12-14-32-23/h1-10,15H,11-14,16H2,(H,27,30)(H,28,33). The Morgan fingerprint density at radius 1 is 1.06 bits per heavy atom. The minimum absolute atomic E-state index is 0.132. The molecule has 1 aliphatic rings. The summed E-state index contributed by atoms with van der Waals surface area (Å²) >= 11 is 5.31. The molecular weight excluding hydrogens is 434 g/mol. The van der Waals surface area contributed by atoms with Gasteiger partial charge >= 0.3 is 0 Å². The van der Waals surface area contributed by atoms with Crippen LogP contribution in [0, 0.1) is 4.77 Å². The van der Waals surface area contributed by atoms with Crippen LogP contribution in [-0.2, 0) is 24.3 Å². The van der Waals surface area contributed by atoms with Crippen molar-refractivity contribution in [1.82, 2.24) is 14.9 Å². The molecule has 0 radical (unpaired) electrons. The van der Waals surface area contributed by atoms with Gasteiger partial charge in [0.05, 0.1) is 17.5 Å².